The van der Waals surface area contributed by atoms with Crippen LogP contribution in [-0.2, 0) is 17.6 Å². The smallest absolute Gasteiger partial charge is 0.230 e. The van der Waals surface area contributed by atoms with Crippen molar-refractivity contribution in [3.63, 3.8) is 0 Å². The molecule has 0 saturated heterocycles. The van der Waals surface area contributed by atoms with Gasteiger partial charge in [-0.3, -0.25) is 4.79 Å². The monoisotopic (exact) mass is 339 g/mol. The summed E-state index contributed by atoms with van der Waals surface area (Å²) in [6.07, 6.45) is 5.88. The second-order valence-corrected chi connectivity index (χ2v) is 7.41. The number of nitrogens with one attached hydrogen (secondary N) is 1. The van der Waals surface area contributed by atoms with Gasteiger partial charge in [-0.2, -0.15) is 0 Å². The van der Waals surface area contributed by atoms with E-state index in [1.54, 1.807) is 11.8 Å². The summed E-state index contributed by atoms with van der Waals surface area (Å²) in [5.74, 6) is 0.569. The summed E-state index contributed by atoms with van der Waals surface area (Å²) in [6, 6.07) is 17.0. The number of carbonyl (C=O) groups is 1. The highest BCUT2D eigenvalue weighted by Crippen LogP contribution is 2.26. The van der Waals surface area contributed by atoms with Crippen LogP contribution in [0.25, 0.3) is 0 Å². The molecule has 0 fully saturated rings. The van der Waals surface area contributed by atoms with Crippen molar-refractivity contribution in [3.8, 4) is 0 Å². The largest absolute Gasteiger partial charge is 0.349 e. The normalized spacial score (nSPS) is 14.7. The van der Waals surface area contributed by atoms with Gasteiger partial charge in [-0.1, -0.05) is 43.3 Å². The molecule has 1 unspecified atom stereocenters. The van der Waals surface area contributed by atoms with Gasteiger partial charge < -0.3 is 5.32 Å². The fourth-order valence-electron chi connectivity index (χ4n) is 3.29. The Bertz CT molecular complexity index is 683. The van der Waals surface area contributed by atoms with Crippen LogP contribution in [0.15, 0.2) is 53.4 Å². The lowest BCUT2D eigenvalue weighted by Crippen LogP contribution is -2.29. The van der Waals surface area contributed by atoms with E-state index in [2.05, 4.69) is 30.4 Å². The molecule has 3 rings (SSSR count). The Morgan fingerprint density at radius 2 is 1.83 bits per heavy atom. The van der Waals surface area contributed by atoms with Crippen LogP contribution in [0, 0.1) is 0 Å². The predicted octanol–water partition coefficient (Wildman–Crippen LogP) is 4.93. The Labute approximate surface area is 149 Å². The molecule has 24 heavy (non-hydrogen) atoms. The summed E-state index contributed by atoms with van der Waals surface area (Å²) in [7, 11) is 0. The van der Waals surface area contributed by atoms with Crippen molar-refractivity contribution in [3.05, 3.63) is 65.2 Å². The molecule has 2 aromatic rings. The average Bonchev–Trinajstić information content (AvgIpc) is 2.65. The number of rotatable bonds is 6. The molecule has 1 aliphatic carbocycles. The predicted molar refractivity (Wildman–Crippen MR) is 101 cm³/mol. The number of fused-ring (bicyclic) bond motifs is 1. The molecular weight excluding hydrogens is 314 g/mol. The second-order valence-electron chi connectivity index (χ2n) is 6.37. The lowest BCUT2D eigenvalue weighted by atomic mass is 9.89. The lowest BCUT2D eigenvalue weighted by Gasteiger charge is -2.21. The molecule has 0 saturated carbocycles. The Morgan fingerprint density at radius 1 is 1.08 bits per heavy atom. The van der Waals surface area contributed by atoms with E-state index in [-0.39, 0.29) is 11.9 Å². The quantitative estimate of drug-likeness (QED) is 0.757. The standard InChI is InChI=1S/C21H25NOS/c1-2-20(18-13-12-16-8-6-7-9-17(16)14-18)22-21(23)15-24-19-10-4-3-5-11-19/h3-5,10-14,20H,2,6-9,15H2,1H3,(H,22,23). The molecule has 0 heterocycles. The highest BCUT2D eigenvalue weighted by molar-refractivity contribution is 8.00. The molecular formula is C21H25NOS. The van der Waals surface area contributed by atoms with Gasteiger partial charge in [0.25, 0.3) is 0 Å². The fourth-order valence-corrected chi connectivity index (χ4v) is 4.02. The second kappa shape index (κ2) is 8.39. The van der Waals surface area contributed by atoms with Crippen LogP contribution in [0.4, 0.5) is 0 Å². The Kier molecular flexibility index (Phi) is 5.97. The molecule has 0 aliphatic heterocycles. The molecule has 0 radical (unpaired) electrons. The van der Waals surface area contributed by atoms with Crippen molar-refractivity contribution in [2.45, 2.75) is 50.0 Å². The van der Waals surface area contributed by atoms with Crippen LogP contribution in [0.5, 0.6) is 0 Å². The summed E-state index contributed by atoms with van der Waals surface area (Å²) < 4.78 is 0. The number of hydrogen-bond donors (Lipinski definition) is 1. The van der Waals surface area contributed by atoms with Crippen molar-refractivity contribution in [1.29, 1.82) is 0 Å². The van der Waals surface area contributed by atoms with Crippen LogP contribution >= 0.6 is 11.8 Å². The van der Waals surface area contributed by atoms with E-state index < -0.39 is 0 Å². The van der Waals surface area contributed by atoms with Crippen LogP contribution in [0.3, 0.4) is 0 Å². The van der Waals surface area contributed by atoms with Gasteiger partial charge in [0.2, 0.25) is 5.91 Å². The molecule has 0 aromatic heterocycles. The molecule has 0 spiro atoms. The summed E-state index contributed by atoms with van der Waals surface area (Å²) in [5.41, 5.74) is 4.21. The molecule has 2 nitrogen and oxygen atoms in total. The van der Waals surface area contributed by atoms with Crippen LogP contribution in [0.1, 0.15) is 48.9 Å². The van der Waals surface area contributed by atoms with E-state index in [1.165, 1.54) is 42.4 Å². The lowest BCUT2D eigenvalue weighted by molar-refractivity contribution is -0.119. The average molecular weight is 340 g/mol. The minimum atomic E-state index is 0.105. The molecule has 1 amide bonds. The van der Waals surface area contributed by atoms with E-state index in [1.807, 2.05) is 30.3 Å². The Balaban J connectivity index is 1.60. The van der Waals surface area contributed by atoms with Gasteiger partial charge in [-0.25, -0.2) is 0 Å². The maximum atomic E-state index is 12.3. The van der Waals surface area contributed by atoms with Gasteiger partial charge in [-0.05, 0) is 60.9 Å². The first-order valence-electron chi connectivity index (χ1n) is 8.85. The van der Waals surface area contributed by atoms with Crippen LogP contribution in [0.2, 0.25) is 0 Å². The maximum Gasteiger partial charge on any atom is 0.230 e. The number of thioether (sulfide) groups is 1. The first kappa shape index (κ1) is 17.1. The van der Waals surface area contributed by atoms with Crippen molar-refractivity contribution < 1.29 is 4.79 Å². The number of aryl methyl sites for hydroxylation is 2. The van der Waals surface area contributed by atoms with Gasteiger partial charge in [0.1, 0.15) is 0 Å². The molecule has 0 bridgehead atoms. The van der Waals surface area contributed by atoms with Crippen molar-refractivity contribution >= 4 is 17.7 Å². The third-order valence-electron chi connectivity index (χ3n) is 4.63. The third kappa shape index (κ3) is 4.41. The van der Waals surface area contributed by atoms with Crippen LogP contribution < -0.4 is 5.32 Å². The third-order valence-corrected chi connectivity index (χ3v) is 5.64. The SMILES string of the molecule is CCC(NC(=O)CSc1ccccc1)c1ccc2c(c1)CCCC2. The summed E-state index contributed by atoms with van der Waals surface area (Å²) >= 11 is 1.59. The van der Waals surface area contributed by atoms with Crippen LogP contribution in [-0.4, -0.2) is 11.7 Å². The highest BCUT2D eigenvalue weighted by Gasteiger charge is 2.16. The summed E-state index contributed by atoms with van der Waals surface area (Å²) in [6.45, 7) is 2.13. The van der Waals surface area contributed by atoms with Crippen molar-refractivity contribution in [2.75, 3.05) is 5.75 Å². The van der Waals surface area contributed by atoms with Gasteiger partial charge in [-0.15, -0.1) is 11.8 Å². The maximum absolute atomic E-state index is 12.3. The minimum absolute atomic E-state index is 0.105. The molecule has 1 aliphatic rings. The zero-order chi connectivity index (χ0) is 16.8. The molecule has 3 heteroatoms. The van der Waals surface area contributed by atoms with E-state index in [4.69, 9.17) is 0 Å². The first-order chi connectivity index (χ1) is 11.8. The molecule has 2 aromatic carbocycles. The summed E-state index contributed by atoms with van der Waals surface area (Å²) in [5, 5.41) is 3.20. The molecule has 1 atom stereocenters. The van der Waals surface area contributed by atoms with Crippen molar-refractivity contribution in [1.82, 2.24) is 5.32 Å². The van der Waals surface area contributed by atoms with Gasteiger partial charge in [0.15, 0.2) is 0 Å². The van der Waals surface area contributed by atoms with E-state index in [0.717, 1.165) is 11.3 Å². The molecule has 126 valence electrons. The fraction of sp³-hybridized carbons (Fsp3) is 0.381. The molecule has 1 N–H and O–H groups in total. The number of amides is 1. The Morgan fingerprint density at radius 3 is 2.58 bits per heavy atom. The van der Waals surface area contributed by atoms with E-state index in [0.29, 0.717) is 5.75 Å². The number of benzene rings is 2. The Hall–Kier alpha value is -1.74. The number of carbonyl (C=O) groups excluding carboxylic acids is 1. The van der Waals surface area contributed by atoms with E-state index >= 15 is 0 Å². The van der Waals surface area contributed by atoms with Gasteiger partial charge in [0, 0.05) is 4.90 Å². The van der Waals surface area contributed by atoms with Gasteiger partial charge >= 0.3 is 0 Å². The number of hydrogen-bond acceptors (Lipinski definition) is 2. The zero-order valence-corrected chi connectivity index (χ0v) is 15.1. The minimum Gasteiger partial charge on any atom is -0.349 e. The van der Waals surface area contributed by atoms with Gasteiger partial charge in [0.05, 0.1) is 11.8 Å². The highest BCUT2D eigenvalue weighted by atomic mass is 32.2. The topological polar surface area (TPSA) is 29.1 Å². The van der Waals surface area contributed by atoms with Crippen molar-refractivity contribution in [2.24, 2.45) is 0 Å². The summed E-state index contributed by atoms with van der Waals surface area (Å²) in [4.78, 5) is 13.4. The van der Waals surface area contributed by atoms with E-state index in [9.17, 15) is 4.79 Å². The zero-order valence-electron chi connectivity index (χ0n) is 14.3. The first-order valence-corrected chi connectivity index (χ1v) is 9.83.